The molecule has 2 unspecified atom stereocenters. The minimum absolute atomic E-state index is 0.0190. The average molecular weight is 434 g/mol. The molecule has 2 N–H and O–H groups in total. The first kappa shape index (κ1) is 25.3. The Hall–Kier alpha value is -1.95. The van der Waals surface area contributed by atoms with Gasteiger partial charge in [-0.2, -0.15) is 0 Å². The zero-order valence-electron chi connectivity index (χ0n) is 20.0. The second-order valence-corrected chi connectivity index (χ2v) is 10.5. The molecule has 2 amide bonds. The molecule has 2 rings (SSSR count). The Bertz CT molecular complexity index is 719. The number of rotatable bonds is 8. The van der Waals surface area contributed by atoms with Crippen molar-refractivity contribution in [2.75, 3.05) is 19.6 Å². The molecule has 1 heterocycles. The zero-order chi connectivity index (χ0) is 23.2. The van der Waals surface area contributed by atoms with E-state index in [1.165, 1.54) is 12.1 Å². The van der Waals surface area contributed by atoms with Gasteiger partial charge in [0, 0.05) is 12.0 Å². The third kappa shape index (κ3) is 8.60. The van der Waals surface area contributed by atoms with Gasteiger partial charge in [-0.05, 0) is 68.3 Å². The van der Waals surface area contributed by atoms with Crippen molar-refractivity contribution in [3.8, 4) is 0 Å². The van der Waals surface area contributed by atoms with Crippen molar-refractivity contribution < 1.29 is 14.0 Å². The molecule has 6 heteroatoms. The fraction of sp³-hybridized carbons (Fsp3) is 0.680. The fourth-order valence-electron chi connectivity index (χ4n) is 3.86. The van der Waals surface area contributed by atoms with E-state index in [4.69, 9.17) is 0 Å². The highest BCUT2D eigenvalue weighted by molar-refractivity contribution is 5.80. The van der Waals surface area contributed by atoms with E-state index < -0.39 is 0 Å². The van der Waals surface area contributed by atoms with Crippen molar-refractivity contribution in [1.82, 2.24) is 15.5 Å². The van der Waals surface area contributed by atoms with Gasteiger partial charge in [0.1, 0.15) is 5.82 Å². The molecule has 0 aromatic heterocycles. The molecular formula is C25H40FN3O2. The van der Waals surface area contributed by atoms with Gasteiger partial charge in [-0.15, -0.1) is 0 Å². The number of benzene rings is 1. The van der Waals surface area contributed by atoms with Crippen molar-refractivity contribution in [2.24, 2.45) is 17.3 Å². The third-order valence-electron chi connectivity index (χ3n) is 6.12. The number of hydrogen-bond acceptors (Lipinski definition) is 3. The van der Waals surface area contributed by atoms with Gasteiger partial charge in [0.15, 0.2) is 0 Å². The topological polar surface area (TPSA) is 61.4 Å². The maximum atomic E-state index is 13.3. The van der Waals surface area contributed by atoms with E-state index >= 15 is 0 Å². The van der Waals surface area contributed by atoms with Gasteiger partial charge in [-0.1, -0.05) is 46.8 Å². The molecule has 174 valence electrons. The van der Waals surface area contributed by atoms with Crippen LogP contribution in [0.15, 0.2) is 24.3 Å². The number of piperidine rings is 1. The van der Waals surface area contributed by atoms with Crippen LogP contribution in [0.4, 0.5) is 4.39 Å². The lowest BCUT2D eigenvalue weighted by molar-refractivity contribution is -0.127. The summed E-state index contributed by atoms with van der Waals surface area (Å²) < 4.78 is 13.3. The lowest BCUT2D eigenvalue weighted by Gasteiger charge is -2.33. The Labute approximate surface area is 187 Å². The second kappa shape index (κ2) is 11.1. The van der Waals surface area contributed by atoms with E-state index in [1.54, 1.807) is 12.1 Å². The number of nitrogens with one attached hydrogen (secondary N) is 2. The van der Waals surface area contributed by atoms with Crippen molar-refractivity contribution in [2.45, 2.75) is 72.9 Å². The normalized spacial score (nSPS) is 17.9. The minimum atomic E-state index is -0.278. The summed E-state index contributed by atoms with van der Waals surface area (Å²) in [6.45, 7) is 14.4. The van der Waals surface area contributed by atoms with Crippen LogP contribution in [0.1, 0.15) is 72.4 Å². The van der Waals surface area contributed by atoms with Gasteiger partial charge in [0.2, 0.25) is 11.8 Å². The lowest BCUT2D eigenvalue weighted by atomic mass is 9.85. The quantitative estimate of drug-likeness (QED) is 0.643. The smallest absolute Gasteiger partial charge is 0.234 e. The fourth-order valence-corrected chi connectivity index (χ4v) is 3.86. The number of nitrogens with zero attached hydrogens (tertiary/aromatic N) is 1. The Morgan fingerprint density at radius 3 is 2.16 bits per heavy atom. The lowest BCUT2D eigenvalue weighted by Crippen LogP contribution is -2.47. The van der Waals surface area contributed by atoms with Gasteiger partial charge >= 0.3 is 0 Å². The monoisotopic (exact) mass is 433 g/mol. The molecule has 0 saturated carbocycles. The van der Waals surface area contributed by atoms with Gasteiger partial charge in [0.05, 0.1) is 12.6 Å². The van der Waals surface area contributed by atoms with Crippen LogP contribution in [0.25, 0.3) is 0 Å². The molecule has 1 aromatic carbocycles. The molecular weight excluding hydrogens is 393 g/mol. The number of carbonyl (C=O) groups is 2. The first-order valence-corrected chi connectivity index (χ1v) is 11.5. The second-order valence-electron chi connectivity index (χ2n) is 10.5. The number of likely N-dealkylation sites (tertiary alicyclic amines) is 1. The first-order chi connectivity index (χ1) is 14.4. The van der Waals surface area contributed by atoms with E-state index in [-0.39, 0.29) is 41.0 Å². The van der Waals surface area contributed by atoms with Crippen molar-refractivity contribution in [3.63, 3.8) is 0 Å². The van der Waals surface area contributed by atoms with Crippen LogP contribution in [0, 0.1) is 23.1 Å². The summed E-state index contributed by atoms with van der Waals surface area (Å²) in [5.74, 6) is 0.254. The molecule has 2 atom stereocenters. The first-order valence-electron chi connectivity index (χ1n) is 11.5. The van der Waals surface area contributed by atoms with Crippen LogP contribution in [-0.2, 0) is 9.59 Å². The predicted molar refractivity (Wildman–Crippen MR) is 123 cm³/mol. The molecule has 5 nitrogen and oxygen atoms in total. The molecule has 1 aliphatic rings. The molecule has 0 aliphatic carbocycles. The number of amides is 2. The zero-order valence-corrected chi connectivity index (χ0v) is 20.0. The Morgan fingerprint density at radius 1 is 1.06 bits per heavy atom. The average Bonchev–Trinajstić information content (AvgIpc) is 2.67. The molecule has 1 aromatic rings. The maximum Gasteiger partial charge on any atom is 0.234 e. The van der Waals surface area contributed by atoms with Crippen LogP contribution >= 0.6 is 0 Å². The largest absolute Gasteiger partial charge is 0.353 e. The van der Waals surface area contributed by atoms with Gasteiger partial charge in [0.25, 0.3) is 0 Å². The predicted octanol–water partition coefficient (Wildman–Crippen LogP) is 4.29. The standard InChI is InChI=1S/C25H40FN3O2/c1-17(2)18(3)27-24(31)20-11-13-29(14-12-20)16-23(30)28-22(15-25(4,5)6)19-7-9-21(26)10-8-19/h7-10,17-18,20,22H,11-16H2,1-6H3,(H,27,31)(H,28,30). The summed E-state index contributed by atoms with van der Waals surface area (Å²) in [6.07, 6.45) is 2.31. The number of hydrogen-bond donors (Lipinski definition) is 2. The minimum Gasteiger partial charge on any atom is -0.353 e. The van der Waals surface area contributed by atoms with E-state index in [2.05, 4.69) is 50.2 Å². The Balaban J connectivity index is 1.88. The summed E-state index contributed by atoms with van der Waals surface area (Å²) in [4.78, 5) is 27.4. The number of halogens is 1. The Kier molecular flexibility index (Phi) is 9.04. The van der Waals surface area contributed by atoms with Crippen molar-refractivity contribution in [3.05, 3.63) is 35.6 Å². The molecule has 1 saturated heterocycles. The molecule has 0 bridgehead atoms. The van der Waals surface area contributed by atoms with Crippen LogP contribution in [0.2, 0.25) is 0 Å². The van der Waals surface area contributed by atoms with E-state index in [0.29, 0.717) is 12.5 Å². The highest BCUT2D eigenvalue weighted by atomic mass is 19.1. The molecule has 0 radical (unpaired) electrons. The summed E-state index contributed by atoms with van der Waals surface area (Å²) in [7, 11) is 0. The molecule has 1 fully saturated rings. The van der Waals surface area contributed by atoms with Gasteiger partial charge in [-0.25, -0.2) is 4.39 Å². The SMILES string of the molecule is CC(C)C(C)NC(=O)C1CCN(CC(=O)NC(CC(C)(C)C)c2ccc(F)cc2)CC1. The summed E-state index contributed by atoms with van der Waals surface area (Å²) >= 11 is 0. The molecule has 31 heavy (non-hydrogen) atoms. The Morgan fingerprint density at radius 2 is 1.65 bits per heavy atom. The van der Waals surface area contributed by atoms with Crippen LogP contribution in [-0.4, -0.2) is 42.4 Å². The van der Waals surface area contributed by atoms with Gasteiger partial charge in [-0.3, -0.25) is 14.5 Å². The molecule has 1 aliphatic heterocycles. The van der Waals surface area contributed by atoms with E-state index in [9.17, 15) is 14.0 Å². The molecule has 0 spiro atoms. The number of carbonyl (C=O) groups excluding carboxylic acids is 2. The van der Waals surface area contributed by atoms with Crippen LogP contribution in [0.3, 0.4) is 0 Å². The van der Waals surface area contributed by atoms with E-state index in [0.717, 1.165) is 37.9 Å². The highest BCUT2D eigenvalue weighted by Gasteiger charge is 2.28. The van der Waals surface area contributed by atoms with E-state index in [1.807, 2.05) is 6.92 Å². The van der Waals surface area contributed by atoms with Crippen molar-refractivity contribution in [1.29, 1.82) is 0 Å². The summed E-state index contributed by atoms with van der Waals surface area (Å²) in [6, 6.07) is 6.37. The van der Waals surface area contributed by atoms with Crippen LogP contribution < -0.4 is 10.6 Å². The summed E-state index contributed by atoms with van der Waals surface area (Å²) in [5.41, 5.74) is 0.935. The highest BCUT2D eigenvalue weighted by Crippen LogP contribution is 2.29. The van der Waals surface area contributed by atoms with Gasteiger partial charge < -0.3 is 10.6 Å². The van der Waals surface area contributed by atoms with Crippen molar-refractivity contribution >= 4 is 11.8 Å². The maximum absolute atomic E-state index is 13.3. The summed E-state index contributed by atoms with van der Waals surface area (Å²) in [5, 5.41) is 6.26. The van der Waals surface area contributed by atoms with Crippen LogP contribution in [0.5, 0.6) is 0 Å². The third-order valence-corrected chi connectivity index (χ3v) is 6.12.